The zero-order chi connectivity index (χ0) is 59.9. The second-order valence-electron chi connectivity index (χ2n) is 23.6. The molecule has 0 bridgehead atoms. The third kappa shape index (κ3) is 16.8. The van der Waals surface area contributed by atoms with Gasteiger partial charge in [0.2, 0.25) is 35.4 Å². The van der Waals surface area contributed by atoms with E-state index < -0.39 is 59.6 Å². The van der Waals surface area contributed by atoms with Gasteiger partial charge >= 0.3 is 0 Å². The highest BCUT2D eigenvalue weighted by Crippen LogP contribution is 2.53. The fraction of sp³-hybridized carbons (Fsp3) is 0.717. The van der Waals surface area contributed by atoms with E-state index in [9.17, 15) is 43.2 Å². The third-order valence-corrected chi connectivity index (χ3v) is 17.2. The van der Waals surface area contributed by atoms with Crippen LogP contribution in [-0.2, 0) is 57.5 Å². The smallest absolute Gasteiger partial charge is 0.272 e. The number of hydrogen-bond donors (Lipinski definition) is 2. The number of likely N-dealkylation sites (tertiary alicyclic amines) is 1. The van der Waals surface area contributed by atoms with Crippen molar-refractivity contribution in [2.75, 3.05) is 88.3 Å². The van der Waals surface area contributed by atoms with Gasteiger partial charge in [-0.3, -0.25) is 68.0 Å². The zero-order valence-corrected chi connectivity index (χ0v) is 50.6. The number of carbonyl (C=O) groups excluding carboxylic acids is 9. The number of imide groups is 2. The first kappa shape index (κ1) is 66.2. The third-order valence-electron chi connectivity index (χ3n) is 17.2. The monoisotopic (exact) mass is 1130 g/mol. The van der Waals surface area contributed by atoms with Crippen LogP contribution in [0.3, 0.4) is 0 Å². The van der Waals surface area contributed by atoms with Crippen LogP contribution in [0.25, 0.3) is 0 Å². The lowest BCUT2D eigenvalue weighted by Gasteiger charge is -2.43. The van der Waals surface area contributed by atoms with Crippen molar-refractivity contribution in [1.82, 2.24) is 45.1 Å². The van der Waals surface area contributed by atoms with E-state index in [-0.39, 0.29) is 90.8 Å². The van der Waals surface area contributed by atoms with E-state index in [2.05, 4.69) is 17.6 Å². The standard InChI is InChI=1S/C60H95N9O12/c1-14-41(6)54(46(79-12)37-51(74)67-31-20-25-45(67)55(80-13)42(7)56(75)62-60(59(78)69-33-18-19-36-81-69)38-44(60)43-23-16-15-17-24-43)66(11)53(40(4)5)58(77)61-57(76)52(39(2)3)65(10)30-21-26-47(70)63(8)34-35-64(9)48(71)27-22-32-68-49(72)28-29-50(68)73/h15-17,23-24,28-29,39-42,44-46,52-55H,14,18-22,25-27,30-38H2,1-13H3,(H,62,75)(H,61,76,77)/t41-,42+,44+,45-,46+,52-,53-,54-,55+,60-/m0/s1. The summed E-state index contributed by atoms with van der Waals surface area (Å²) in [6.45, 7) is 16.1. The lowest BCUT2D eigenvalue weighted by Crippen LogP contribution is -2.60. The molecule has 1 saturated carbocycles. The van der Waals surface area contributed by atoms with E-state index >= 15 is 0 Å². The predicted octanol–water partition coefficient (Wildman–Crippen LogP) is 4.00. The van der Waals surface area contributed by atoms with Crippen molar-refractivity contribution >= 4 is 53.2 Å². The quantitative estimate of drug-likeness (QED) is 0.100. The van der Waals surface area contributed by atoms with Gasteiger partial charge in [0, 0.05) is 98.0 Å². The van der Waals surface area contributed by atoms with Crippen LogP contribution in [0.5, 0.6) is 0 Å². The fourth-order valence-electron chi connectivity index (χ4n) is 12.3. The molecule has 3 aliphatic heterocycles. The molecule has 2 N–H and O–H groups in total. The molecule has 1 aromatic carbocycles. The maximum Gasteiger partial charge on any atom is 0.272 e. The molecule has 81 heavy (non-hydrogen) atoms. The SMILES string of the molecule is CC[C@H](C)[C@@H]([C@@H](CC(=O)N1CCC[C@H]1[C@H](OC)[C@@H](C)C(=O)N[C@@]1(C(=O)N2CCCCO2)C[C@@H]1c1ccccc1)OC)N(C)[C@H](C(=O)NC(=O)[C@H](C(C)C)N(C)CCCC(=O)N(C)CCN(C)C(=O)CCCN1C(=O)C=CC1=O)C(C)C. The Morgan fingerprint density at radius 3 is 1.91 bits per heavy atom. The molecular weight excluding hydrogens is 1040 g/mol. The molecule has 4 aliphatic rings. The van der Waals surface area contributed by atoms with Crippen molar-refractivity contribution in [2.24, 2.45) is 23.7 Å². The van der Waals surface area contributed by atoms with Gasteiger partial charge in [0.1, 0.15) is 5.54 Å². The highest BCUT2D eigenvalue weighted by molar-refractivity contribution is 6.12. The molecule has 5 rings (SSSR count). The van der Waals surface area contributed by atoms with Gasteiger partial charge < -0.3 is 29.5 Å². The van der Waals surface area contributed by atoms with E-state index in [1.54, 1.807) is 52.1 Å². The normalized spacial score (nSPS) is 21.7. The van der Waals surface area contributed by atoms with Crippen molar-refractivity contribution in [3.05, 3.63) is 48.0 Å². The van der Waals surface area contributed by atoms with Gasteiger partial charge in [0.25, 0.3) is 17.7 Å². The van der Waals surface area contributed by atoms with Gasteiger partial charge in [-0.15, -0.1) is 0 Å². The van der Waals surface area contributed by atoms with E-state index in [0.717, 1.165) is 23.3 Å². The summed E-state index contributed by atoms with van der Waals surface area (Å²) in [4.78, 5) is 137. The number of benzene rings is 1. The number of amides is 9. The average molecular weight is 1130 g/mol. The summed E-state index contributed by atoms with van der Waals surface area (Å²) in [6, 6.07) is 7.36. The van der Waals surface area contributed by atoms with Crippen LogP contribution in [0, 0.1) is 23.7 Å². The minimum absolute atomic E-state index is 0.0106. The lowest BCUT2D eigenvalue weighted by molar-refractivity contribution is -0.200. The number of methoxy groups -OCH3 is 2. The van der Waals surface area contributed by atoms with Gasteiger partial charge in [0.05, 0.1) is 49.3 Å². The van der Waals surface area contributed by atoms with E-state index in [4.69, 9.17) is 14.3 Å². The molecular formula is C60H95N9O12. The van der Waals surface area contributed by atoms with Crippen molar-refractivity contribution in [3.63, 3.8) is 0 Å². The summed E-state index contributed by atoms with van der Waals surface area (Å²) in [5.74, 6) is -4.20. The minimum Gasteiger partial charge on any atom is -0.379 e. The van der Waals surface area contributed by atoms with Crippen LogP contribution >= 0.6 is 0 Å². The van der Waals surface area contributed by atoms with E-state index in [1.807, 2.05) is 81.8 Å². The van der Waals surface area contributed by atoms with Crippen LogP contribution in [0.15, 0.2) is 42.5 Å². The molecule has 1 aliphatic carbocycles. The summed E-state index contributed by atoms with van der Waals surface area (Å²) in [6.07, 6.45) is 6.33. The first-order chi connectivity index (χ1) is 38.4. The summed E-state index contributed by atoms with van der Waals surface area (Å²) in [7, 11) is 10.1. The van der Waals surface area contributed by atoms with Gasteiger partial charge in [-0.2, -0.15) is 0 Å². The molecule has 0 radical (unpaired) electrons. The fourth-order valence-corrected chi connectivity index (χ4v) is 12.3. The molecule has 21 nitrogen and oxygen atoms in total. The Kier molecular flexibility index (Phi) is 25.0. The topological polar surface area (TPSA) is 228 Å². The summed E-state index contributed by atoms with van der Waals surface area (Å²) >= 11 is 0. The number of hydrogen-bond acceptors (Lipinski definition) is 14. The highest BCUT2D eigenvalue weighted by Gasteiger charge is 2.64. The van der Waals surface area contributed by atoms with Crippen LogP contribution in [-0.4, -0.2) is 218 Å². The lowest BCUT2D eigenvalue weighted by atomic mass is 9.87. The first-order valence-corrected chi connectivity index (χ1v) is 29.4. The van der Waals surface area contributed by atoms with Crippen molar-refractivity contribution in [2.45, 2.75) is 167 Å². The number of hydroxylamine groups is 2. The molecule has 0 unspecified atom stereocenters. The number of nitrogens with one attached hydrogen (secondary N) is 2. The first-order valence-electron chi connectivity index (χ1n) is 29.4. The number of ether oxygens (including phenoxy) is 2. The second kappa shape index (κ2) is 30.6. The molecule has 3 fully saturated rings. The number of nitrogens with zero attached hydrogens (tertiary/aromatic N) is 7. The van der Waals surface area contributed by atoms with Crippen LogP contribution in [0.4, 0.5) is 0 Å². The molecule has 9 amide bonds. The molecule has 452 valence electrons. The van der Waals surface area contributed by atoms with Crippen molar-refractivity contribution < 1.29 is 57.5 Å². The molecule has 10 atom stereocenters. The molecule has 0 spiro atoms. The summed E-state index contributed by atoms with van der Waals surface area (Å²) in [5, 5.41) is 7.31. The molecule has 2 saturated heterocycles. The zero-order valence-electron chi connectivity index (χ0n) is 50.6. The van der Waals surface area contributed by atoms with Gasteiger partial charge in [-0.05, 0) is 88.9 Å². The summed E-state index contributed by atoms with van der Waals surface area (Å²) < 4.78 is 12.3. The Bertz CT molecular complexity index is 2350. The summed E-state index contributed by atoms with van der Waals surface area (Å²) in [5.41, 5.74) is -0.211. The minimum atomic E-state index is -1.17. The average Bonchev–Trinajstić information content (AvgIpc) is 3.95. The van der Waals surface area contributed by atoms with Gasteiger partial charge in [-0.25, -0.2) is 5.06 Å². The predicted molar refractivity (Wildman–Crippen MR) is 305 cm³/mol. The van der Waals surface area contributed by atoms with E-state index in [0.29, 0.717) is 77.9 Å². The van der Waals surface area contributed by atoms with Crippen LogP contribution in [0.1, 0.15) is 131 Å². The molecule has 21 heteroatoms. The van der Waals surface area contributed by atoms with E-state index in [1.165, 1.54) is 22.1 Å². The van der Waals surface area contributed by atoms with Gasteiger partial charge in [-0.1, -0.05) is 85.2 Å². The Hall–Kier alpha value is -5.61. The Labute approximate surface area is 481 Å². The van der Waals surface area contributed by atoms with Crippen LogP contribution < -0.4 is 10.6 Å². The second-order valence-corrected chi connectivity index (χ2v) is 23.6. The van der Waals surface area contributed by atoms with Crippen LogP contribution in [0.2, 0.25) is 0 Å². The molecule has 0 aromatic heterocycles. The maximum absolute atomic E-state index is 14.7. The maximum atomic E-state index is 14.7. The Balaban J connectivity index is 1.17. The number of likely N-dealkylation sites (N-methyl/N-ethyl adjacent to an activating group) is 4. The van der Waals surface area contributed by atoms with Gasteiger partial charge in [0.15, 0.2) is 0 Å². The molecule has 1 aromatic rings. The van der Waals surface area contributed by atoms with Crippen molar-refractivity contribution in [3.8, 4) is 0 Å². The van der Waals surface area contributed by atoms with Crippen molar-refractivity contribution in [1.29, 1.82) is 0 Å². The highest BCUT2D eigenvalue weighted by atomic mass is 16.7. The largest absolute Gasteiger partial charge is 0.379 e. The molecule has 3 heterocycles. The Morgan fingerprint density at radius 1 is 0.753 bits per heavy atom. The Morgan fingerprint density at radius 2 is 1.36 bits per heavy atom. The number of carbonyl (C=O) groups is 9. The number of rotatable bonds is 31.